The van der Waals surface area contributed by atoms with Crippen molar-refractivity contribution in [1.29, 1.82) is 0 Å². The van der Waals surface area contributed by atoms with Gasteiger partial charge in [-0.2, -0.15) is 4.98 Å². The van der Waals surface area contributed by atoms with E-state index in [0.717, 1.165) is 16.9 Å². The first kappa shape index (κ1) is 12.1. The van der Waals surface area contributed by atoms with Crippen LogP contribution >= 0.6 is 11.6 Å². The first-order chi connectivity index (χ1) is 9.25. The van der Waals surface area contributed by atoms with Crippen LogP contribution in [0.1, 0.15) is 24.0 Å². The molecule has 0 N–H and O–H groups in total. The average molecular weight is 278 g/mol. The Morgan fingerprint density at radius 2 is 2.37 bits per heavy atom. The molecule has 19 heavy (non-hydrogen) atoms. The van der Waals surface area contributed by atoms with E-state index in [1.807, 2.05) is 13.0 Å². The van der Waals surface area contributed by atoms with Gasteiger partial charge in [-0.05, 0) is 13.0 Å². The van der Waals surface area contributed by atoms with Gasteiger partial charge in [0.05, 0.1) is 17.1 Å². The highest BCUT2D eigenvalue weighted by Crippen LogP contribution is 2.24. The molecular formula is C12H12ClN5O. The highest BCUT2D eigenvalue weighted by atomic mass is 35.5. The first-order valence-electron chi connectivity index (χ1n) is 5.95. The van der Waals surface area contributed by atoms with Crippen LogP contribution in [0, 0.1) is 0 Å². The van der Waals surface area contributed by atoms with Crippen molar-refractivity contribution in [3.05, 3.63) is 36.5 Å². The van der Waals surface area contributed by atoms with Crippen molar-refractivity contribution >= 4 is 22.6 Å². The van der Waals surface area contributed by atoms with Gasteiger partial charge in [-0.25, -0.2) is 4.98 Å². The molecule has 0 bridgehead atoms. The molecule has 98 valence electrons. The van der Waals surface area contributed by atoms with Crippen LogP contribution in [0.25, 0.3) is 11.0 Å². The first-order valence-corrected chi connectivity index (χ1v) is 6.39. The van der Waals surface area contributed by atoms with Crippen LogP contribution in [0.15, 0.2) is 29.3 Å². The van der Waals surface area contributed by atoms with E-state index in [9.17, 15) is 0 Å². The Bertz CT molecular complexity index is 677. The Morgan fingerprint density at radius 1 is 1.47 bits per heavy atom. The quantitative estimate of drug-likeness (QED) is 0.685. The van der Waals surface area contributed by atoms with Crippen molar-refractivity contribution < 1.29 is 4.52 Å². The van der Waals surface area contributed by atoms with Gasteiger partial charge in [0.25, 0.3) is 0 Å². The van der Waals surface area contributed by atoms with Crippen LogP contribution < -0.4 is 0 Å². The van der Waals surface area contributed by atoms with Crippen molar-refractivity contribution in [2.75, 3.05) is 0 Å². The predicted molar refractivity (Wildman–Crippen MR) is 69.8 cm³/mol. The molecule has 1 atom stereocenters. The minimum atomic E-state index is -0.171. The van der Waals surface area contributed by atoms with E-state index in [4.69, 9.17) is 16.1 Å². The summed E-state index contributed by atoms with van der Waals surface area (Å²) in [6, 6.07) is 1.93. The zero-order valence-corrected chi connectivity index (χ0v) is 11.1. The Balaban J connectivity index is 1.97. The molecular weight excluding hydrogens is 266 g/mol. The normalized spacial score (nSPS) is 12.9. The lowest BCUT2D eigenvalue weighted by Crippen LogP contribution is -2.07. The second-order valence-electron chi connectivity index (χ2n) is 4.19. The van der Waals surface area contributed by atoms with E-state index in [1.54, 1.807) is 12.4 Å². The molecule has 0 aromatic carbocycles. The fraction of sp³-hybridized carbons (Fsp3) is 0.333. The lowest BCUT2D eigenvalue weighted by molar-refractivity contribution is 0.371. The summed E-state index contributed by atoms with van der Waals surface area (Å²) in [5.74, 6) is 1.42. The molecule has 0 saturated carbocycles. The number of pyridine rings is 1. The summed E-state index contributed by atoms with van der Waals surface area (Å²) >= 11 is 6.19. The molecule has 3 heterocycles. The van der Waals surface area contributed by atoms with E-state index in [-0.39, 0.29) is 5.38 Å². The number of halogens is 1. The summed E-state index contributed by atoms with van der Waals surface area (Å²) in [4.78, 5) is 12.6. The van der Waals surface area contributed by atoms with Crippen molar-refractivity contribution in [1.82, 2.24) is 24.7 Å². The molecule has 0 saturated heterocycles. The lowest BCUT2D eigenvalue weighted by atomic mass is 10.3. The van der Waals surface area contributed by atoms with Crippen LogP contribution in [0.4, 0.5) is 0 Å². The molecule has 0 spiro atoms. The van der Waals surface area contributed by atoms with Gasteiger partial charge >= 0.3 is 0 Å². The van der Waals surface area contributed by atoms with E-state index in [1.165, 1.54) is 6.33 Å². The molecule has 3 rings (SSSR count). The molecule has 0 aliphatic rings. The summed E-state index contributed by atoms with van der Waals surface area (Å²) < 4.78 is 7.07. The Morgan fingerprint density at radius 3 is 3.11 bits per heavy atom. The molecule has 3 aromatic rings. The molecule has 0 radical (unpaired) electrons. The standard InChI is InChI=1S/C12H12ClN5O/c1-8(13)12-17-9-6-14-4-2-10(9)18(12)5-3-11-15-7-16-19-11/h2,4,6-8H,3,5H2,1H3. The third kappa shape index (κ3) is 2.31. The maximum atomic E-state index is 6.19. The monoisotopic (exact) mass is 277 g/mol. The topological polar surface area (TPSA) is 69.6 Å². The predicted octanol–water partition coefficient (Wildman–Crippen LogP) is 2.36. The van der Waals surface area contributed by atoms with Crippen LogP contribution in [-0.4, -0.2) is 24.7 Å². The van der Waals surface area contributed by atoms with Crippen molar-refractivity contribution in [3.8, 4) is 0 Å². The highest BCUT2D eigenvalue weighted by molar-refractivity contribution is 6.20. The van der Waals surface area contributed by atoms with E-state index < -0.39 is 0 Å². The number of alkyl halides is 1. The van der Waals surface area contributed by atoms with Crippen molar-refractivity contribution in [2.45, 2.75) is 25.3 Å². The van der Waals surface area contributed by atoms with Crippen LogP contribution in [0.3, 0.4) is 0 Å². The summed E-state index contributed by atoms with van der Waals surface area (Å²) in [7, 11) is 0. The van der Waals surface area contributed by atoms with E-state index >= 15 is 0 Å². The van der Waals surface area contributed by atoms with E-state index in [0.29, 0.717) is 18.9 Å². The summed E-state index contributed by atoms with van der Waals surface area (Å²) in [6.07, 6.45) is 5.53. The fourth-order valence-corrected chi connectivity index (χ4v) is 2.22. The largest absolute Gasteiger partial charge is 0.340 e. The van der Waals surface area contributed by atoms with Gasteiger partial charge in [0.2, 0.25) is 5.89 Å². The van der Waals surface area contributed by atoms with Crippen molar-refractivity contribution in [2.24, 2.45) is 0 Å². The Labute approximate surface area is 114 Å². The number of nitrogens with zero attached hydrogens (tertiary/aromatic N) is 5. The second kappa shape index (κ2) is 4.97. The fourth-order valence-electron chi connectivity index (χ4n) is 2.05. The molecule has 7 heteroatoms. The van der Waals surface area contributed by atoms with Gasteiger partial charge in [0.1, 0.15) is 11.3 Å². The van der Waals surface area contributed by atoms with Gasteiger partial charge in [0, 0.05) is 19.2 Å². The molecule has 0 fully saturated rings. The number of fused-ring (bicyclic) bond motifs is 1. The summed E-state index contributed by atoms with van der Waals surface area (Å²) in [6.45, 7) is 2.59. The summed E-state index contributed by atoms with van der Waals surface area (Å²) in [5, 5.41) is 3.42. The molecule has 0 amide bonds. The highest BCUT2D eigenvalue weighted by Gasteiger charge is 2.15. The molecule has 1 unspecified atom stereocenters. The summed E-state index contributed by atoms with van der Waals surface area (Å²) in [5.41, 5.74) is 1.85. The second-order valence-corrected chi connectivity index (χ2v) is 4.84. The SMILES string of the molecule is CC(Cl)c1nc2cnccc2n1CCc1ncno1. The third-order valence-corrected chi connectivity index (χ3v) is 3.09. The molecule has 6 nitrogen and oxygen atoms in total. The number of hydrogen-bond acceptors (Lipinski definition) is 5. The molecule has 0 aliphatic carbocycles. The number of hydrogen-bond donors (Lipinski definition) is 0. The van der Waals surface area contributed by atoms with Gasteiger partial charge in [-0.3, -0.25) is 4.98 Å². The van der Waals surface area contributed by atoms with Gasteiger partial charge in [0.15, 0.2) is 6.33 Å². The van der Waals surface area contributed by atoms with Gasteiger partial charge in [-0.15, -0.1) is 11.6 Å². The van der Waals surface area contributed by atoms with Gasteiger partial charge < -0.3 is 9.09 Å². The van der Waals surface area contributed by atoms with Crippen LogP contribution in [0.5, 0.6) is 0 Å². The average Bonchev–Trinajstić information content (AvgIpc) is 3.03. The number of rotatable bonds is 4. The Kier molecular flexibility index (Phi) is 3.16. The molecule has 3 aromatic heterocycles. The number of imidazole rings is 1. The van der Waals surface area contributed by atoms with E-state index in [2.05, 4.69) is 24.7 Å². The van der Waals surface area contributed by atoms with Crippen LogP contribution in [-0.2, 0) is 13.0 Å². The zero-order chi connectivity index (χ0) is 13.2. The minimum Gasteiger partial charge on any atom is -0.340 e. The van der Waals surface area contributed by atoms with Crippen LogP contribution in [0.2, 0.25) is 0 Å². The minimum absolute atomic E-state index is 0.171. The maximum absolute atomic E-state index is 6.19. The lowest BCUT2D eigenvalue weighted by Gasteiger charge is -2.08. The third-order valence-electron chi connectivity index (χ3n) is 2.89. The smallest absolute Gasteiger partial charge is 0.228 e. The zero-order valence-electron chi connectivity index (χ0n) is 10.3. The number of aromatic nitrogens is 5. The molecule has 0 aliphatic heterocycles. The Hall–Kier alpha value is -1.95. The van der Waals surface area contributed by atoms with Gasteiger partial charge in [-0.1, -0.05) is 5.16 Å². The maximum Gasteiger partial charge on any atom is 0.228 e. The number of aryl methyl sites for hydroxylation is 2. The van der Waals surface area contributed by atoms with Crippen molar-refractivity contribution in [3.63, 3.8) is 0 Å².